The molecule has 0 atom stereocenters. The Kier molecular flexibility index (Phi) is 13.6. The van der Waals surface area contributed by atoms with E-state index in [9.17, 15) is 4.79 Å². The summed E-state index contributed by atoms with van der Waals surface area (Å²) >= 11 is 0. The van der Waals surface area contributed by atoms with Crippen LogP contribution in [0.1, 0.15) is 77.6 Å². The highest BCUT2D eigenvalue weighted by Gasteiger charge is 1.97. The lowest BCUT2D eigenvalue weighted by Crippen LogP contribution is -1.98. The van der Waals surface area contributed by atoms with E-state index in [-0.39, 0.29) is 5.97 Å². The molecule has 0 bridgehead atoms. The molecule has 0 aromatic rings. The lowest BCUT2D eigenvalue weighted by atomic mass is 10.1. The lowest BCUT2D eigenvalue weighted by Gasteiger charge is -1.98. The zero-order valence-electron chi connectivity index (χ0n) is 12.2. The van der Waals surface area contributed by atoms with Gasteiger partial charge in [0.25, 0.3) is 0 Å². The number of hydrogen-bond acceptors (Lipinski definition) is 2. The Morgan fingerprint density at radius 3 is 2.00 bits per heavy atom. The van der Waals surface area contributed by atoms with Crippen LogP contribution < -0.4 is 0 Å². The number of ether oxygens (including phenoxy) is 1. The Hall–Kier alpha value is -0.790. The second-order valence-electron chi connectivity index (χ2n) is 4.85. The van der Waals surface area contributed by atoms with Crippen molar-refractivity contribution in [3.63, 3.8) is 0 Å². The minimum Gasteiger partial charge on any atom is -0.469 e. The molecule has 0 unspecified atom stereocenters. The summed E-state index contributed by atoms with van der Waals surface area (Å²) in [5.41, 5.74) is 0. The molecule has 0 aliphatic carbocycles. The number of esters is 1. The summed E-state index contributed by atoms with van der Waals surface area (Å²) in [6.07, 6.45) is 17.6. The Morgan fingerprint density at radius 1 is 0.889 bits per heavy atom. The molecule has 0 aliphatic heterocycles. The number of rotatable bonds is 12. The summed E-state index contributed by atoms with van der Waals surface area (Å²) in [5.74, 6) is -0.0855. The van der Waals surface area contributed by atoms with Crippen molar-refractivity contribution in [2.75, 3.05) is 7.11 Å². The van der Waals surface area contributed by atoms with Crippen molar-refractivity contribution in [1.82, 2.24) is 0 Å². The molecule has 2 heteroatoms. The molecule has 0 aromatic carbocycles. The highest BCUT2D eigenvalue weighted by molar-refractivity contribution is 5.68. The number of hydrogen-bond donors (Lipinski definition) is 0. The summed E-state index contributed by atoms with van der Waals surface area (Å²) in [6.45, 7) is 2.25. The van der Waals surface area contributed by atoms with Crippen molar-refractivity contribution in [2.45, 2.75) is 77.6 Å². The maximum atomic E-state index is 10.9. The Labute approximate surface area is 113 Å². The second-order valence-corrected chi connectivity index (χ2v) is 4.85. The molecule has 0 radical (unpaired) electrons. The molecular formula is C16H30O2. The summed E-state index contributed by atoms with van der Waals surface area (Å²) in [7, 11) is 1.45. The predicted molar refractivity (Wildman–Crippen MR) is 77.6 cm³/mol. The van der Waals surface area contributed by atoms with Gasteiger partial charge in [0.05, 0.1) is 7.11 Å². The smallest absolute Gasteiger partial charge is 0.305 e. The van der Waals surface area contributed by atoms with Crippen LogP contribution in [-0.2, 0) is 9.53 Å². The van der Waals surface area contributed by atoms with E-state index in [0.29, 0.717) is 6.42 Å². The first-order chi connectivity index (χ1) is 8.81. The van der Waals surface area contributed by atoms with E-state index in [1.807, 2.05) is 0 Å². The summed E-state index contributed by atoms with van der Waals surface area (Å²) < 4.78 is 4.60. The number of methoxy groups -OCH3 is 1. The molecule has 0 rings (SSSR count). The molecule has 0 N–H and O–H groups in total. The van der Waals surface area contributed by atoms with Gasteiger partial charge >= 0.3 is 5.97 Å². The SMILES string of the molecule is CCCCCCCC=CCCCCCC(=O)OC. The summed E-state index contributed by atoms with van der Waals surface area (Å²) in [6, 6.07) is 0. The largest absolute Gasteiger partial charge is 0.469 e. The minimum absolute atomic E-state index is 0.0855. The molecule has 2 nitrogen and oxygen atoms in total. The van der Waals surface area contributed by atoms with Gasteiger partial charge in [-0.15, -0.1) is 0 Å². The molecule has 0 aliphatic rings. The molecule has 0 amide bonds. The first kappa shape index (κ1) is 17.2. The van der Waals surface area contributed by atoms with Gasteiger partial charge in [-0.1, -0.05) is 51.2 Å². The number of carbonyl (C=O) groups is 1. The molecule has 0 saturated heterocycles. The molecule has 0 heterocycles. The van der Waals surface area contributed by atoms with Crippen LogP contribution in [0.4, 0.5) is 0 Å². The van der Waals surface area contributed by atoms with Crippen LogP contribution in [0.2, 0.25) is 0 Å². The van der Waals surface area contributed by atoms with Gasteiger partial charge in [-0.2, -0.15) is 0 Å². The van der Waals surface area contributed by atoms with Gasteiger partial charge in [-0.05, 0) is 32.1 Å². The van der Waals surface area contributed by atoms with Crippen LogP contribution in [-0.4, -0.2) is 13.1 Å². The molecule has 0 saturated carbocycles. The quantitative estimate of drug-likeness (QED) is 0.277. The highest BCUT2D eigenvalue weighted by atomic mass is 16.5. The van der Waals surface area contributed by atoms with Crippen molar-refractivity contribution >= 4 is 5.97 Å². The summed E-state index contributed by atoms with van der Waals surface area (Å²) in [5, 5.41) is 0. The van der Waals surface area contributed by atoms with E-state index >= 15 is 0 Å². The lowest BCUT2D eigenvalue weighted by molar-refractivity contribution is -0.140. The molecule has 0 fully saturated rings. The van der Waals surface area contributed by atoms with Crippen LogP contribution >= 0.6 is 0 Å². The van der Waals surface area contributed by atoms with E-state index < -0.39 is 0 Å². The minimum atomic E-state index is -0.0855. The fraction of sp³-hybridized carbons (Fsp3) is 0.812. The van der Waals surface area contributed by atoms with E-state index in [1.54, 1.807) is 0 Å². The number of unbranched alkanes of at least 4 members (excludes halogenated alkanes) is 8. The van der Waals surface area contributed by atoms with Crippen molar-refractivity contribution in [2.24, 2.45) is 0 Å². The zero-order chi connectivity index (χ0) is 13.5. The topological polar surface area (TPSA) is 26.3 Å². The van der Waals surface area contributed by atoms with Crippen molar-refractivity contribution < 1.29 is 9.53 Å². The Balaban J connectivity index is 3.11. The first-order valence-corrected chi connectivity index (χ1v) is 7.53. The molecule has 0 spiro atoms. The second kappa shape index (κ2) is 14.3. The van der Waals surface area contributed by atoms with Crippen molar-refractivity contribution in [1.29, 1.82) is 0 Å². The third-order valence-corrected chi connectivity index (χ3v) is 3.12. The van der Waals surface area contributed by atoms with E-state index in [1.165, 1.54) is 52.1 Å². The molecule has 106 valence electrons. The predicted octanol–water partition coefficient (Wildman–Crippen LogP) is 5.03. The van der Waals surface area contributed by atoms with Gasteiger partial charge in [0, 0.05) is 6.42 Å². The normalized spacial score (nSPS) is 11.0. The zero-order valence-corrected chi connectivity index (χ0v) is 12.2. The third-order valence-electron chi connectivity index (χ3n) is 3.12. The third kappa shape index (κ3) is 13.3. The van der Waals surface area contributed by atoms with E-state index in [2.05, 4.69) is 23.8 Å². The van der Waals surface area contributed by atoms with Gasteiger partial charge in [0.1, 0.15) is 0 Å². The van der Waals surface area contributed by atoms with Crippen LogP contribution in [0, 0.1) is 0 Å². The van der Waals surface area contributed by atoms with Crippen LogP contribution in [0.5, 0.6) is 0 Å². The molecule has 18 heavy (non-hydrogen) atoms. The van der Waals surface area contributed by atoms with Gasteiger partial charge in [0.2, 0.25) is 0 Å². The monoisotopic (exact) mass is 254 g/mol. The van der Waals surface area contributed by atoms with Crippen LogP contribution in [0.25, 0.3) is 0 Å². The van der Waals surface area contributed by atoms with Gasteiger partial charge in [-0.3, -0.25) is 4.79 Å². The standard InChI is InChI=1S/C16H30O2/c1-3-4-5-6-7-8-9-10-11-12-13-14-15-16(17)18-2/h9-10H,3-8,11-15H2,1-2H3. The highest BCUT2D eigenvalue weighted by Crippen LogP contribution is 2.07. The van der Waals surface area contributed by atoms with Crippen LogP contribution in [0.3, 0.4) is 0 Å². The maximum absolute atomic E-state index is 10.9. The van der Waals surface area contributed by atoms with Crippen molar-refractivity contribution in [3.8, 4) is 0 Å². The Morgan fingerprint density at radius 2 is 1.44 bits per heavy atom. The van der Waals surface area contributed by atoms with Crippen LogP contribution in [0.15, 0.2) is 12.2 Å². The molecule has 0 aromatic heterocycles. The average molecular weight is 254 g/mol. The van der Waals surface area contributed by atoms with Gasteiger partial charge in [0.15, 0.2) is 0 Å². The number of allylic oxidation sites excluding steroid dienone is 2. The van der Waals surface area contributed by atoms with E-state index in [4.69, 9.17) is 0 Å². The number of carbonyl (C=O) groups excluding carboxylic acids is 1. The van der Waals surface area contributed by atoms with Crippen molar-refractivity contribution in [3.05, 3.63) is 12.2 Å². The fourth-order valence-corrected chi connectivity index (χ4v) is 1.91. The Bertz CT molecular complexity index is 209. The average Bonchev–Trinajstić information content (AvgIpc) is 2.39. The van der Waals surface area contributed by atoms with Gasteiger partial charge < -0.3 is 4.74 Å². The fourth-order valence-electron chi connectivity index (χ4n) is 1.91. The molecular weight excluding hydrogens is 224 g/mol. The van der Waals surface area contributed by atoms with E-state index in [0.717, 1.165) is 19.3 Å². The summed E-state index contributed by atoms with van der Waals surface area (Å²) in [4.78, 5) is 10.9. The maximum Gasteiger partial charge on any atom is 0.305 e. The first-order valence-electron chi connectivity index (χ1n) is 7.53. The van der Waals surface area contributed by atoms with Gasteiger partial charge in [-0.25, -0.2) is 0 Å².